The molecule has 1 aromatic rings. The summed E-state index contributed by atoms with van der Waals surface area (Å²) in [7, 11) is 0. The van der Waals surface area contributed by atoms with Crippen LogP contribution in [0.4, 0.5) is 4.79 Å². The highest BCUT2D eigenvalue weighted by atomic mass is 16.6. The Morgan fingerprint density at radius 1 is 1.19 bits per heavy atom. The second kappa shape index (κ2) is 9.08. The number of benzene rings is 1. The van der Waals surface area contributed by atoms with Gasteiger partial charge in [0.2, 0.25) is 0 Å². The average Bonchev–Trinajstić information content (AvgIpc) is 2.57. The number of carbonyl (C=O) groups excluding carboxylic acids is 2. The molecule has 1 aliphatic heterocycles. The van der Waals surface area contributed by atoms with Crippen molar-refractivity contribution in [2.75, 3.05) is 39.3 Å². The maximum atomic E-state index is 12.1. The van der Waals surface area contributed by atoms with Crippen LogP contribution in [-0.2, 0) is 4.74 Å². The van der Waals surface area contributed by atoms with Crippen LogP contribution in [0.2, 0.25) is 0 Å². The number of nitrogens with one attached hydrogen (secondary N) is 1. The van der Waals surface area contributed by atoms with Crippen LogP contribution in [-0.4, -0.2) is 71.8 Å². The van der Waals surface area contributed by atoms with Crippen molar-refractivity contribution in [2.45, 2.75) is 39.7 Å². The van der Waals surface area contributed by atoms with Crippen LogP contribution in [0.5, 0.6) is 5.75 Å². The van der Waals surface area contributed by atoms with E-state index in [4.69, 9.17) is 4.74 Å². The van der Waals surface area contributed by atoms with E-state index in [2.05, 4.69) is 10.2 Å². The Morgan fingerprint density at radius 3 is 2.44 bits per heavy atom. The zero-order valence-electron chi connectivity index (χ0n) is 16.7. The molecule has 2 rings (SSSR count). The molecule has 150 valence electrons. The van der Waals surface area contributed by atoms with Crippen LogP contribution < -0.4 is 5.32 Å². The van der Waals surface area contributed by atoms with E-state index in [1.807, 2.05) is 27.7 Å². The van der Waals surface area contributed by atoms with Gasteiger partial charge in [0.25, 0.3) is 5.91 Å². The van der Waals surface area contributed by atoms with Crippen molar-refractivity contribution in [2.24, 2.45) is 0 Å². The molecule has 7 nitrogen and oxygen atoms in total. The number of ether oxygens (including phenoxy) is 1. The summed E-state index contributed by atoms with van der Waals surface area (Å²) in [5, 5.41) is 12.7. The smallest absolute Gasteiger partial charge is 0.410 e. The molecule has 0 bridgehead atoms. The van der Waals surface area contributed by atoms with Gasteiger partial charge in [0.05, 0.1) is 5.56 Å². The highest BCUT2D eigenvalue weighted by molar-refractivity contribution is 5.96. The number of aromatic hydroxyl groups is 1. The van der Waals surface area contributed by atoms with E-state index >= 15 is 0 Å². The first-order valence-corrected chi connectivity index (χ1v) is 9.44. The minimum atomic E-state index is -0.474. The number of phenols is 1. The molecule has 2 N–H and O–H groups in total. The lowest BCUT2D eigenvalue weighted by atomic mass is 10.1. The molecule has 0 unspecified atom stereocenters. The largest absolute Gasteiger partial charge is 0.507 e. The lowest BCUT2D eigenvalue weighted by Gasteiger charge is -2.35. The van der Waals surface area contributed by atoms with Crippen LogP contribution in [0, 0.1) is 6.92 Å². The maximum Gasteiger partial charge on any atom is 0.410 e. The number of phenolic OH excluding ortho intramolecular Hbond substituents is 1. The lowest BCUT2D eigenvalue weighted by molar-refractivity contribution is 0.0144. The SMILES string of the molecule is Cc1ccc(C(=O)NCCCN2CCN(C(=O)OC(C)(C)C)CC2)c(O)c1. The Labute approximate surface area is 161 Å². The Balaban J connectivity index is 1.66. The summed E-state index contributed by atoms with van der Waals surface area (Å²) in [6.45, 7) is 11.8. The molecule has 0 aliphatic carbocycles. The molecule has 27 heavy (non-hydrogen) atoms. The molecule has 1 saturated heterocycles. The van der Waals surface area contributed by atoms with Gasteiger partial charge in [0.15, 0.2) is 0 Å². The first kappa shape index (κ1) is 21.0. The van der Waals surface area contributed by atoms with Gasteiger partial charge in [0.1, 0.15) is 11.4 Å². The summed E-state index contributed by atoms with van der Waals surface area (Å²) in [6.07, 6.45) is 0.553. The molecule has 1 fully saturated rings. The number of aryl methyl sites for hydroxylation is 1. The number of hydrogen-bond acceptors (Lipinski definition) is 5. The standard InChI is InChI=1S/C20H31N3O4/c1-15-6-7-16(17(24)14-15)18(25)21-8-5-9-22-10-12-23(13-11-22)19(26)27-20(2,3)4/h6-7,14,24H,5,8-13H2,1-4H3,(H,21,25). The zero-order valence-corrected chi connectivity index (χ0v) is 16.7. The Morgan fingerprint density at radius 2 is 1.85 bits per heavy atom. The average molecular weight is 377 g/mol. The molecule has 0 radical (unpaired) electrons. The van der Waals surface area contributed by atoms with Gasteiger partial charge in [-0.15, -0.1) is 0 Å². The fourth-order valence-corrected chi connectivity index (χ4v) is 2.91. The maximum absolute atomic E-state index is 12.1. The van der Waals surface area contributed by atoms with Crippen LogP contribution in [0.1, 0.15) is 43.1 Å². The fourth-order valence-electron chi connectivity index (χ4n) is 2.91. The van der Waals surface area contributed by atoms with Gasteiger partial charge in [-0.2, -0.15) is 0 Å². The number of piperazine rings is 1. The van der Waals surface area contributed by atoms with Crippen molar-refractivity contribution in [1.29, 1.82) is 0 Å². The van der Waals surface area contributed by atoms with Crippen LogP contribution in [0.15, 0.2) is 18.2 Å². The lowest BCUT2D eigenvalue weighted by Crippen LogP contribution is -2.50. The molecular weight excluding hydrogens is 346 g/mol. The number of rotatable bonds is 5. The van der Waals surface area contributed by atoms with E-state index in [-0.39, 0.29) is 17.7 Å². The molecule has 1 aliphatic rings. The predicted octanol–water partition coefficient (Wildman–Crippen LogP) is 2.37. The summed E-state index contributed by atoms with van der Waals surface area (Å²) in [6, 6.07) is 5.02. The summed E-state index contributed by atoms with van der Waals surface area (Å²) in [5.41, 5.74) is 0.735. The van der Waals surface area contributed by atoms with Crippen molar-refractivity contribution >= 4 is 12.0 Å². The third-order valence-corrected chi connectivity index (χ3v) is 4.36. The van der Waals surface area contributed by atoms with Gasteiger partial charge in [-0.3, -0.25) is 9.69 Å². The van der Waals surface area contributed by atoms with Gasteiger partial charge < -0.3 is 20.1 Å². The molecule has 0 saturated carbocycles. The van der Waals surface area contributed by atoms with Crippen molar-refractivity contribution in [3.63, 3.8) is 0 Å². The quantitative estimate of drug-likeness (QED) is 0.770. The number of hydrogen-bond donors (Lipinski definition) is 2. The van der Waals surface area contributed by atoms with Crippen molar-refractivity contribution in [3.05, 3.63) is 29.3 Å². The molecule has 2 amide bonds. The minimum absolute atomic E-state index is 0.00534. The number of amides is 2. The van der Waals surface area contributed by atoms with E-state index in [1.165, 1.54) is 0 Å². The number of nitrogens with zero attached hydrogens (tertiary/aromatic N) is 2. The van der Waals surface area contributed by atoms with E-state index in [9.17, 15) is 14.7 Å². The fraction of sp³-hybridized carbons (Fsp3) is 0.600. The van der Waals surface area contributed by atoms with E-state index in [0.29, 0.717) is 25.2 Å². The van der Waals surface area contributed by atoms with Gasteiger partial charge >= 0.3 is 6.09 Å². The Hall–Kier alpha value is -2.28. The topological polar surface area (TPSA) is 82.1 Å². The van der Waals surface area contributed by atoms with Gasteiger partial charge in [-0.05, 0) is 58.4 Å². The molecule has 0 spiro atoms. The highest BCUT2D eigenvalue weighted by Gasteiger charge is 2.25. The second-order valence-corrected chi connectivity index (χ2v) is 7.94. The van der Waals surface area contributed by atoms with Crippen molar-refractivity contribution in [1.82, 2.24) is 15.1 Å². The molecular formula is C20H31N3O4. The molecule has 0 aromatic heterocycles. The summed E-state index contributed by atoms with van der Waals surface area (Å²) in [4.78, 5) is 28.2. The van der Waals surface area contributed by atoms with Gasteiger partial charge in [-0.1, -0.05) is 6.07 Å². The van der Waals surface area contributed by atoms with E-state index in [1.54, 1.807) is 23.1 Å². The predicted molar refractivity (Wildman–Crippen MR) is 104 cm³/mol. The minimum Gasteiger partial charge on any atom is -0.507 e. The Kier molecular flexibility index (Phi) is 7.07. The Bertz CT molecular complexity index is 662. The molecule has 1 aromatic carbocycles. The van der Waals surface area contributed by atoms with Crippen LogP contribution in [0.25, 0.3) is 0 Å². The first-order chi connectivity index (χ1) is 12.7. The van der Waals surface area contributed by atoms with Crippen molar-refractivity contribution < 1.29 is 19.4 Å². The van der Waals surface area contributed by atoms with Gasteiger partial charge in [-0.25, -0.2) is 4.79 Å². The molecule has 7 heteroatoms. The second-order valence-electron chi connectivity index (χ2n) is 7.94. The first-order valence-electron chi connectivity index (χ1n) is 9.44. The van der Waals surface area contributed by atoms with Gasteiger partial charge in [0, 0.05) is 32.7 Å². The summed E-state index contributed by atoms with van der Waals surface area (Å²) >= 11 is 0. The van der Waals surface area contributed by atoms with Crippen molar-refractivity contribution in [3.8, 4) is 5.75 Å². The highest BCUT2D eigenvalue weighted by Crippen LogP contribution is 2.18. The monoisotopic (exact) mass is 377 g/mol. The molecule has 1 heterocycles. The normalized spacial score (nSPS) is 15.5. The van der Waals surface area contributed by atoms with E-state index in [0.717, 1.165) is 31.6 Å². The summed E-state index contributed by atoms with van der Waals surface area (Å²) in [5.74, 6) is -0.256. The summed E-state index contributed by atoms with van der Waals surface area (Å²) < 4.78 is 5.40. The van der Waals surface area contributed by atoms with Crippen LogP contribution in [0.3, 0.4) is 0 Å². The third kappa shape index (κ3) is 6.75. The zero-order chi connectivity index (χ0) is 20.0. The molecule has 0 atom stereocenters. The van der Waals surface area contributed by atoms with Crippen LogP contribution >= 0.6 is 0 Å². The number of carbonyl (C=O) groups is 2. The van der Waals surface area contributed by atoms with E-state index < -0.39 is 5.60 Å². The third-order valence-electron chi connectivity index (χ3n) is 4.36.